The highest BCUT2D eigenvalue weighted by Gasteiger charge is 2.15. The van der Waals surface area contributed by atoms with E-state index in [1.165, 1.54) is 11.8 Å². The van der Waals surface area contributed by atoms with E-state index in [2.05, 4.69) is 20.8 Å². The number of nitrogens with zero attached hydrogens (tertiary/aromatic N) is 3. The Kier molecular flexibility index (Phi) is 7.35. The van der Waals surface area contributed by atoms with E-state index in [4.69, 9.17) is 11.6 Å². The van der Waals surface area contributed by atoms with Gasteiger partial charge in [0, 0.05) is 23.4 Å². The number of carbonyl (C=O) groups is 2. The third-order valence-electron chi connectivity index (χ3n) is 4.69. The van der Waals surface area contributed by atoms with Gasteiger partial charge in [-0.05, 0) is 50.1 Å². The standard InChI is InChI=1S/C22H24ClN5O2S/c1-13-5-8-18(15(3)9-13)25-20(29)11-19-26-27-22(28(19)4)31-12-21(30)24-16-7-6-14(2)17(23)10-16/h5-10H,11-12H2,1-4H3,(H,24,30)(H,25,29). The summed E-state index contributed by atoms with van der Waals surface area (Å²) in [5.41, 5.74) is 4.51. The Labute approximate surface area is 190 Å². The first-order valence-corrected chi connectivity index (χ1v) is 11.0. The van der Waals surface area contributed by atoms with Crippen molar-refractivity contribution >= 4 is 46.6 Å². The Morgan fingerprint density at radius 1 is 1.00 bits per heavy atom. The summed E-state index contributed by atoms with van der Waals surface area (Å²) in [5, 5.41) is 15.1. The molecule has 0 radical (unpaired) electrons. The number of rotatable bonds is 7. The molecule has 0 aliphatic heterocycles. The number of nitrogens with one attached hydrogen (secondary N) is 2. The highest BCUT2D eigenvalue weighted by Crippen LogP contribution is 2.21. The molecule has 2 N–H and O–H groups in total. The van der Waals surface area contributed by atoms with E-state index in [0.29, 0.717) is 21.7 Å². The van der Waals surface area contributed by atoms with Crippen LogP contribution in [0.15, 0.2) is 41.6 Å². The first-order chi connectivity index (χ1) is 14.7. The molecule has 0 saturated heterocycles. The molecule has 0 spiro atoms. The van der Waals surface area contributed by atoms with E-state index in [9.17, 15) is 9.59 Å². The second-order valence-corrected chi connectivity index (χ2v) is 8.65. The van der Waals surface area contributed by atoms with Gasteiger partial charge >= 0.3 is 0 Å². The van der Waals surface area contributed by atoms with Gasteiger partial charge in [-0.2, -0.15) is 0 Å². The summed E-state index contributed by atoms with van der Waals surface area (Å²) < 4.78 is 1.72. The topological polar surface area (TPSA) is 88.9 Å². The molecule has 0 fully saturated rings. The smallest absolute Gasteiger partial charge is 0.234 e. The zero-order chi connectivity index (χ0) is 22.5. The lowest BCUT2D eigenvalue weighted by molar-refractivity contribution is -0.116. The van der Waals surface area contributed by atoms with E-state index in [1.807, 2.05) is 45.0 Å². The molecular formula is C22H24ClN5O2S. The van der Waals surface area contributed by atoms with Gasteiger partial charge < -0.3 is 15.2 Å². The number of aryl methyl sites for hydroxylation is 3. The quantitative estimate of drug-likeness (QED) is 0.516. The number of thioether (sulfide) groups is 1. The second kappa shape index (κ2) is 9.98. The fraction of sp³-hybridized carbons (Fsp3) is 0.273. The number of aromatic nitrogens is 3. The van der Waals surface area contributed by atoms with Crippen molar-refractivity contribution in [3.05, 3.63) is 63.9 Å². The lowest BCUT2D eigenvalue weighted by Gasteiger charge is -2.09. The van der Waals surface area contributed by atoms with Gasteiger partial charge in [-0.1, -0.05) is 47.1 Å². The van der Waals surface area contributed by atoms with Gasteiger partial charge in [-0.3, -0.25) is 9.59 Å². The molecule has 7 nitrogen and oxygen atoms in total. The summed E-state index contributed by atoms with van der Waals surface area (Å²) in [6, 6.07) is 11.2. The maximum absolute atomic E-state index is 12.4. The molecule has 162 valence electrons. The molecule has 1 aromatic heterocycles. The maximum Gasteiger partial charge on any atom is 0.234 e. The van der Waals surface area contributed by atoms with Crippen molar-refractivity contribution in [2.24, 2.45) is 7.05 Å². The van der Waals surface area contributed by atoms with Gasteiger partial charge in [0.1, 0.15) is 5.82 Å². The van der Waals surface area contributed by atoms with Crippen LogP contribution in [0.2, 0.25) is 5.02 Å². The van der Waals surface area contributed by atoms with Crippen LogP contribution < -0.4 is 10.6 Å². The summed E-state index contributed by atoms with van der Waals surface area (Å²) in [7, 11) is 1.78. The number of benzene rings is 2. The zero-order valence-corrected chi connectivity index (χ0v) is 19.4. The predicted octanol–water partition coefficient (Wildman–Crippen LogP) is 4.31. The number of amides is 2. The first kappa shape index (κ1) is 22.8. The van der Waals surface area contributed by atoms with Crippen molar-refractivity contribution in [1.82, 2.24) is 14.8 Å². The number of carbonyl (C=O) groups excluding carboxylic acids is 2. The van der Waals surface area contributed by atoms with Crippen LogP contribution in [0.25, 0.3) is 0 Å². The normalized spacial score (nSPS) is 10.7. The van der Waals surface area contributed by atoms with Crippen molar-refractivity contribution in [2.75, 3.05) is 16.4 Å². The van der Waals surface area contributed by atoms with Crippen LogP contribution in [0.5, 0.6) is 0 Å². The minimum atomic E-state index is -0.179. The SMILES string of the molecule is Cc1ccc(NC(=O)Cc2nnc(SCC(=O)Nc3ccc(C)c(Cl)c3)n2C)c(C)c1. The molecule has 3 rings (SSSR count). The minimum absolute atomic E-state index is 0.0887. The Morgan fingerprint density at radius 3 is 2.48 bits per heavy atom. The average Bonchev–Trinajstić information content (AvgIpc) is 3.05. The highest BCUT2D eigenvalue weighted by atomic mass is 35.5. The van der Waals surface area contributed by atoms with Crippen molar-refractivity contribution in [1.29, 1.82) is 0 Å². The lowest BCUT2D eigenvalue weighted by atomic mass is 10.1. The van der Waals surface area contributed by atoms with E-state index in [1.54, 1.807) is 23.7 Å². The van der Waals surface area contributed by atoms with E-state index >= 15 is 0 Å². The number of halogens is 1. The number of anilines is 2. The predicted molar refractivity (Wildman–Crippen MR) is 125 cm³/mol. The largest absolute Gasteiger partial charge is 0.325 e. The molecular weight excluding hydrogens is 434 g/mol. The Hall–Kier alpha value is -2.84. The monoisotopic (exact) mass is 457 g/mol. The lowest BCUT2D eigenvalue weighted by Crippen LogP contribution is -2.18. The first-order valence-electron chi connectivity index (χ1n) is 9.67. The van der Waals surface area contributed by atoms with Crippen LogP contribution in [0.4, 0.5) is 11.4 Å². The van der Waals surface area contributed by atoms with Crippen molar-refractivity contribution in [2.45, 2.75) is 32.3 Å². The third kappa shape index (κ3) is 6.08. The summed E-state index contributed by atoms with van der Waals surface area (Å²) in [6.07, 6.45) is 0.0887. The molecule has 3 aromatic rings. The van der Waals surface area contributed by atoms with Crippen LogP contribution in [0, 0.1) is 20.8 Å². The molecule has 1 heterocycles. The second-order valence-electron chi connectivity index (χ2n) is 7.30. The van der Waals surface area contributed by atoms with Crippen LogP contribution in [-0.2, 0) is 23.1 Å². The van der Waals surface area contributed by atoms with Gasteiger partial charge in [0.05, 0.1) is 12.2 Å². The average molecular weight is 458 g/mol. The number of hydrogen-bond donors (Lipinski definition) is 2. The van der Waals surface area contributed by atoms with Gasteiger partial charge in [-0.15, -0.1) is 10.2 Å². The Balaban J connectivity index is 1.55. The molecule has 0 saturated carbocycles. The van der Waals surface area contributed by atoms with Crippen molar-refractivity contribution in [3.63, 3.8) is 0 Å². The summed E-state index contributed by atoms with van der Waals surface area (Å²) >= 11 is 7.34. The van der Waals surface area contributed by atoms with E-state index < -0.39 is 0 Å². The Morgan fingerprint density at radius 2 is 1.77 bits per heavy atom. The van der Waals surface area contributed by atoms with Gasteiger partial charge in [0.15, 0.2) is 5.16 Å². The molecule has 9 heteroatoms. The summed E-state index contributed by atoms with van der Waals surface area (Å²) in [6.45, 7) is 5.86. The fourth-order valence-electron chi connectivity index (χ4n) is 2.91. The van der Waals surface area contributed by atoms with Gasteiger partial charge in [0.2, 0.25) is 11.8 Å². The van der Waals surface area contributed by atoms with Crippen molar-refractivity contribution in [3.8, 4) is 0 Å². The van der Waals surface area contributed by atoms with Gasteiger partial charge in [-0.25, -0.2) is 0 Å². The molecule has 0 unspecified atom stereocenters. The summed E-state index contributed by atoms with van der Waals surface area (Å²) in [5.74, 6) is 0.331. The molecule has 0 atom stereocenters. The van der Waals surface area contributed by atoms with Crippen LogP contribution in [0.3, 0.4) is 0 Å². The minimum Gasteiger partial charge on any atom is -0.325 e. The van der Waals surface area contributed by atoms with Crippen LogP contribution >= 0.6 is 23.4 Å². The third-order valence-corrected chi connectivity index (χ3v) is 6.12. The van der Waals surface area contributed by atoms with Gasteiger partial charge in [0.25, 0.3) is 0 Å². The van der Waals surface area contributed by atoms with E-state index in [-0.39, 0.29) is 24.0 Å². The maximum atomic E-state index is 12.4. The molecule has 31 heavy (non-hydrogen) atoms. The zero-order valence-electron chi connectivity index (χ0n) is 17.8. The molecule has 2 amide bonds. The molecule has 2 aromatic carbocycles. The molecule has 0 aliphatic rings. The summed E-state index contributed by atoms with van der Waals surface area (Å²) in [4.78, 5) is 24.7. The Bertz CT molecular complexity index is 1130. The van der Waals surface area contributed by atoms with Crippen molar-refractivity contribution < 1.29 is 9.59 Å². The highest BCUT2D eigenvalue weighted by molar-refractivity contribution is 7.99. The van der Waals surface area contributed by atoms with Crippen LogP contribution in [-0.4, -0.2) is 32.3 Å². The van der Waals surface area contributed by atoms with Crippen LogP contribution in [0.1, 0.15) is 22.5 Å². The molecule has 0 aliphatic carbocycles. The number of hydrogen-bond acceptors (Lipinski definition) is 5. The van der Waals surface area contributed by atoms with E-state index in [0.717, 1.165) is 22.4 Å². The molecule has 0 bridgehead atoms. The fourth-order valence-corrected chi connectivity index (χ4v) is 3.82.